The molecule has 10 heteroatoms. The van der Waals surface area contributed by atoms with Crippen molar-refractivity contribution >= 4 is 39.6 Å². The van der Waals surface area contributed by atoms with Gasteiger partial charge in [-0.05, 0) is 37.0 Å². The number of carbonyl (C=O) groups excluding carboxylic acids is 2. The van der Waals surface area contributed by atoms with Gasteiger partial charge in [0.1, 0.15) is 16.5 Å². The number of hydrogen-bond acceptors (Lipinski definition) is 7. The number of likely N-dealkylation sites (tertiary alicyclic amines) is 1. The first-order chi connectivity index (χ1) is 15.0. The van der Waals surface area contributed by atoms with Gasteiger partial charge < -0.3 is 4.90 Å². The summed E-state index contributed by atoms with van der Waals surface area (Å²) in [5, 5.41) is 14.7. The second-order valence-electron chi connectivity index (χ2n) is 7.34. The molecule has 162 valence electrons. The van der Waals surface area contributed by atoms with E-state index in [2.05, 4.69) is 20.5 Å². The second-order valence-corrected chi connectivity index (χ2v) is 9.29. The van der Waals surface area contributed by atoms with Crippen LogP contribution in [0, 0.1) is 5.82 Å². The number of carbonyl (C=O) groups is 2. The molecule has 0 radical (unpaired) electrons. The SMILES string of the molecule is CCc1nnc(NC(=O)c2csc(C3CCN(C(=O)Cc4ccc(F)cc4)CC3)n2)s1. The number of rotatable bonds is 6. The van der Waals surface area contributed by atoms with Crippen LogP contribution in [0.2, 0.25) is 0 Å². The molecule has 0 atom stereocenters. The summed E-state index contributed by atoms with van der Waals surface area (Å²) in [6.45, 7) is 3.28. The van der Waals surface area contributed by atoms with E-state index in [0.717, 1.165) is 34.8 Å². The molecule has 0 unspecified atom stereocenters. The number of halogens is 1. The standard InChI is InChI=1S/C21H22FN5O2S2/c1-2-17-25-26-21(31-17)24-19(29)16-12-30-20(23-16)14-7-9-27(10-8-14)18(28)11-13-3-5-15(22)6-4-13/h3-6,12,14H,2,7-11H2,1H3,(H,24,26,29). The van der Waals surface area contributed by atoms with E-state index >= 15 is 0 Å². The minimum Gasteiger partial charge on any atom is -0.342 e. The molecule has 1 N–H and O–H groups in total. The molecule has 31 heavy (non-hydrogen) atoms. The van der Waals surface area contributed by atoms with Crippen molar-refractivity contribution in [2.24, 2.45) is 0 Å². The molecule has 1 aliphatic rings. The third kappa shape index (κ3) is 5.31. The topological polar surface area (TPSA) is 88.1 Å². The Labute approximate surface area is 187 Å². The molecule has 7 nitrogen and oxygen atoms in total. The summed E-state index contributed by atoms with van der Waals surface area (Å²) in [4.78, 5) is 31.4. The number of benzene rings is 1. The molecule has 0 saturated carbocycles. The van der Waals surface area contributed by atoms with Crippen LogP contribution in [-0.2, 0) is 17.6 Å². The van der Waals surface area contributed by atoms with Crippen molar-refractivity contribution in [2.45, 2.75) is 38.5 Å². The van der Waals surface area contributed by atoms with Gasteiger partial charge in [0.2, 0.25) is 11.0 Å². The summed E-state index contributed by atoms with van der Waals surface area (Å²) in [5.74, 6) is -0.307. The molecule has 0 spiro atoms. The maximum Gasteiger partial charge on any atom is 0.276 e. The number of nitrogens with one attached hydrogen (secondary N) is 1. The number of anilines is 1. The number of thiazole rings is 1. The molecule has 4 rings (SSSR count). The van der Waals surface area contributed by atoms with Crippen molar-refractivity contribution in [1.29, 1.82) is 0 Å². The molecule has 1 aliphatic heterocycles. The van der Waals surface area contributed by atoms with Crippen molar-refractivity contribution < 1.29 is 14.0 Å². The third-order valence-corrected chi connectivity index (χ3v) is 7.20. The molecule has 0 bridgehead atoms. The van der Waals surface area contributed by atoms with E-state index < -0.39 is 0 Å². The lowest BCUT2D eigenvalue weighted by molar-refractivity contribution is -0.131. The first-order valence-corrected chi connectivity index (χ1v) is 11.8. The summed E-state index contributed by atoms with van der Waals surface area (Å²) >= 11 is 2.83. The lowest BCUT2D eigenvalue weighted by Gasteiger charge is -2.31. The molecule has 1 fully saturated rings. The number of aryl methyl sites for hydroxylation is 1. The zero-order valence-corrected chi connectivity index (χ0v) is 18.6. The molecule has 2 amide bonds. The zero-order valence-electron chi connectivity index (χ0n) is 17.0. The number of piperidine rings is 1. The number of hydrogen-bond donors (Lipinski definition) is 1. The predicted octanol–water partition coefficient (Wildman–Crippen LogP) is 3.90. The number of aromatic nitrogens is 3. The molecular weight excluding hydrogens is 437 g/mol. The van der Waals surface area contributed by atoms with E-state index in [1.807, 2.05) is 11.8 Å². The number of nitrogens with zero attached hydrogens (tertiary/aromatic N) is 4. The summed E-state index contributed by atoms with van der Waals surface area (Å²) in [5.41, 5.74) is 1.19. The van der Waals surface area contributed by atoms with E-state index in [4.69, 9.17) is 0 Å². The maximum absolute atomic E-state index is 13.0. The molecule has 1 aromatic carbocycles. The van der Waals surface area contributed by atoms with Gasteiger partial charge in [-0.25, -0.2) is 9.37 Å². The highest BCUT2D eigenvalue weighted by molar-refractivity contribution is 7.15. The summed E-state index contributed by atoms with van der Waals surface area (Å²) < 4.78 is 13.0. The monoisotopic (exact) mass is 459 g/mol. The van der Waals surface area contributed by atoms with Crippen LogP contribution in [0.1, 0.15) is 51.8 Å². The summed E-state index contributed by atoms with van der Waals surface area (Å²) in [6, 6.07) is 6.04. The Balaban J connectivity index is 1.30. The largest absolute Gasteiger partial charge is 0.342 e. The van der Waals surface area contributed by atoms with Crippen molar-refractivity contribution in [3.63, 3.8) is 0 Å². The zero-order chi connectivity index (χ0) is 21.8. The van der Waals surface area contributed by atoms with Crippen molar-refractivity contribution in [3.8, 4) is 0 Å². The van der Waals surface area contributed by atoms with Gasteiger partial charge in [-0.2, -0.15) is 0 Å². The first kappa shape index (κ1) is 21.5. The van der Waals surface area contributed by atoms with E-state index in [-0.39, 0.29) is 30.0 Å². The van der Waals surface area contributed by atoms with E-state index in [0.29, 0.717) is 23.9 Å². The van der Waals surface area contributed by atoms with Crippen molar-refractivity contribution in [3.05, 3.63) is 56.7 Å². The Morgan fingerprint density at radius 1 is 1.19 bits per heavy atom. The quantitative estimate of drug-likeness (QED) is 0.604. The Hall–Kier alpha value is -2.72. The fraction of sp³-hybridized carbons (Fsp3) is 0.381. The Kier molecular flexibility index (Phi) is 6.67. The smallest absolute Gasteiger partial charge is 0.276 e. The number of amides is 2. The fourth-order valence-corrected chi connectivity index (χ4v) is 5.10. The van der Waals surface area contributed by atoms with Gasteiger partial charge in [-0.1, -0.05) is 30.4 Å². The average Bonchev–Trinajstić information content (AvgIpc) is 3.45. The molecule has 3 heterocycles. The van der Waals surface area contributed by atoms with Gasteiger partial charge in [0.05, 0.1) is 11.4 Å². The lowest BCUT2D eigenvalue weighted by atomic mass is 9.97. The van der Waals surface area contributed by atoms with Crippen LogP contribution in [0.4, 0.5) is 9.52 Å². The second kappa shape index (κ2) is 9.61. The van der Waals surface area contributed by atoms with Gasteiger partial charge in [-0.3, -0.25) is 14.9 Å². The average molecular weight is 460 g/mol. The van der Waals surface area contributed by atoms with Gasteiger partial charge in [0, 0.05) is 24.4 Å². The maximum atomic E-state index is 13.0. The highest BCUT2D eigenvalue weighted by atomic mass is 32.1. The van der Waals surface area contributed by atoms with E-state index in [9.17, 15) is 14.0 Å². The molecule has 3 aromatic rings. The van der Waals surface area contributed by atoms with Crippen LogP contribution in [0.3, 0.4) is 0 Å². The van der Waals surface area contributed by atoms with E-state index in [1.54, 1.807) is 17.5 Å². The van der Waals surface area contributed by atoms with Crippen LogP contribution in [0.5, 0.6) is 0 Å². The normalized spacial score (nSPS) is 14.6. The van der Waals surface area contributed by atoms with Gasteiger partial charge >= 0.3 is 0 Å². The van der Waals surface area contributed by atoms with Crippen LogP contribution in [0.15, 0.2) is 29.6 Å². The fourth-order valence-electron chi connectivity index (χ4n) is 3.45. The summed E-state index contributed by atoms with van der Waals surface area (Å²) in [6.07, 6.45) is 2.66. The van der Waals surface area contributed by atoms with Crippen molar-refractivity contribution in [2.75, 3.05) is 18.4 Å². The van der Waals surface area contributed by atoms with Gasteiger partial charge in [0.15, 0.2) is 0 Å². The first-order valence-electron chi connectivity index (χ1n) is 10.1. The molecule has 1 saturated heterocycles. The third-order valence-electron chi connectivity index (χ3n) is 5.21. The van der Waals surface area contributed by atoms with Crippen LogP contribution < -0.4 is 5.32 Å². The van der Waals surface area contributed by atoms with Crippen molar-refractivity contribution in [1.82, 2.24) is 20.1 Å². The summed E-state index contributed by atoms with van der Waals surface area (Å²) in [7, 11) is 0. The van der Waals surface area contributed by atoms with Gasteiger partial charge in [0.25, 0.3) is 5.91 Å². The molecule has 2 aromatic heterocycles. The van der Waals surface area contributed by atoms with Gasteiger partial charge in [-0.15, -0.1) is 21.5 Å². The van der Waals surface area contributed by atoms with Crippen LogP contribution in [-0.4, -0.2) is 45.0 Å². The predicted molar refractivity (Wildman–Crippen MR) is 118 cm³/mol. The van der Waals surface area contributed by atoms with Crippen LogP contribution >= 0.6 is 22.7 Å². The van der Waals surface area contributed by atoms with E-state index in [1.165, 1.54) is 34.8 Å². The Morgan fingerprint density at radius 3 is 2.61 bits per heavy atom. The highest BCUT2D eigenvalue weighted by Crippen LogP contribution is 2.31. The minimum absolute atomic E-state index is 0.0489. The molecular formula is C21H22FN5O2S2. The molecule has 0 aliphatic carbocycles. The Bertz CT molecular complexity index is 1060. The highest BCUT2D eigenvalue weighted by Gasteiger charge is 2.26. The van der Waals surface area contributed by atoms with Crippen LogP contribution in [0.25, 0.3) is 0 Å². The minimum atomic E-state index is -0.303. The Morgan fingerprint density at radius 2 is 1.94 bits per heavy atom. The lowest BCUT2D eigenvalue weighted by Crippen LogP contribution is -2.38.